The molecule has 104 valence electrons. The maximum atomic E-state index is 12.2. The largest absolute Gasteiger partial charge is 0.322 e. The summed E-state index contributed by atoms with van der Waals surface area (Å²) in [6.45, 7) is 0. The number of aryl methyl sites for hydroxylation is 1. The Balaban J connectivity index is 2.11. The summed E-state index contributed by atoms with van der Waals surface area (Å²) in [5.74, 6) is -0.165. The molecule has 5 heteroatoms. The van der Waals surface area contributed by atoms with Crippen LogP contribution in [-0.4, -0.2) is 11.2 Å². The third-order valence-electron chi connectivity index (χ3n) is 2.77. The lowest BCUT2D eigenvalue weighted by Crippen LogP contribution is -2.12. The van der Waals surface area contributed by atoms with Gasteiger partial charge in [-0.25, -0.2) is 0 Å². The lowest BCUT2D eigenvalue weighted by molar-refractivity contribution is 0.102. The van der Waals surface area contributed by atoms with Crippen LogP contribution in [0.2, 0.25) is 5.02 Å². The van der Waals surface area contributed by atoms with Crippen molar-refractivity contribution >= 4 is 55.1 Å². The van der Waals surface area contributed by atoms with Crippen molar-refractivity contribution < 1.29 is 4.79 Å². The fourth-order valence-electron chi connectivity index (χ4n) is 1.74. The number of anilines is 1. The molecule has 0 aliphatic carbocycles. The van der Waals surface area contributed by atoms with Crippen molar-refractivity contribution in [2.45, 2.75) is 6.42 Å². The van der Waals surface area contributed by atoms with Gasteiger partial charge in [-0.15, -0.1) is 0 Å². The van der Waals surface area contributed by atoms with Gasteiger partial charge in [-0.1, -0.05) is 39.7 Å². The van der Waals surface area contributed by atoms with Gasteiger partial charge in [0.1, 0.15) is 0 Å². The van der Waals surface area contributed by atoms with Crippen molar-refractivity contribution in [2.24, 2.45) is 0 Å². The molecule has 0 saturated carbocycles. The van der Waals surface area contributed by atoms with Crippen molar-refractivity contribution in [2.75, 3.05) is 10.6 Å². The Morgan fingerprint density at radius 3 is 2.45 bits per heavy atom. The topological polar surface area (TPSA) is 29.1 Å². The van der Waals surface area contributed by atoms with Crippen LogP contribution in [0.25, 0.3) is 0 Å². The van der Waals surface area contributed by atoms with Crippen molar-refractivity contribution in [3.8, 4) is 0 Å². The molecule has 0 fully saturated rings. The molecule has 1 N–H and O–H groups in total. The van der Waals surface area contributed by atoms with E-state index >= 15 is 0 Å². The lowest BCUT2D eigenvalue weighted by atomic mass is 10.1. The van der Waals surface area contributed by atoms with Gasteiger partial charge in [-0.05, 0) is 58.2 Å². The molecule has 0 bridgehead atoms. The Labute approximate surface area is 139 Å². The first-order valence-corrected chi connectivity index (χ1v) is 8.30. The molecular weight excluding hydrogens is 405 g/mol. The van der Waals surface area contributed by atoms with Crippen LogP contribution >= 0.6 is 43.5 Å². The maximum absolute atomic E-state index is 12.2. The van der Waals surface area contributed by atoms with Gasteiger partial charge in [0.2, 0.25) is 0 Å². The number of hydrogen-bond donors (Lipinski definition) is 1. The van der Waals surface area contributed by atoms with E-state index in [4.69, 9.17) is 11.6 Å². The molecule has 2 aromatic carbocycles. The van der Waals surface area contributed by atoms with Gasteiger partial charge >= 0.3 is 0 Å². The van der Waals surface area contributed by atoms with E-state index in [1.807, 2.05) is 24.3 Å². The summed E-state index contributed by atoms with van der Waals surface area (Å²) in [6.07, 6.45) is 0.969. The minimum absolute atomic E-state index is 0.165. The van der Waals surface area contributed by atoms with Gasteiger partial charge in [-0.2, -0.15) is 0 Å². The van der Waals surface area contributed by atoms with Crippen molar-refractivity contribution in [3.05, 3.63) is 63.1 Å². The quantitative estimate of drug-likeness (QED) is 0.673. The summed E-state index contributed by atoms with van der Waals surface area (Å²) in [4.78, 5) is 12.2. The zero-order valence-corrected chi connectivity index (χ0v) is 14.4. The molecule has 0 radical (unpaired) electrons. The lowest BCUT2D eigenvalue weighted by Gasteiger charge is -2.08. The molecule has 0 spiro atoms. The van der Waals surface area contributed by atoms with Gasteiger partial charge in [-0.3, -0.25) is 4.79 Å². The van der Waals surface area contributed by atoms with Gasteiger partial charge in [0, 0.05) is 20.5 Å². The number of rotatable bonds is 4. The summed E-state index contributed by atoms with van der Waals surface area (Å²) in [6, 6.07) is 12.9. The number of hydrogen-bond acceptors (Lipinski definition) is 1. The second-order valence-corrected chi connectivity index (χ2v) is 6.30. The molecule has 0 aliphatic heterocycles. The average molecular weight is 418 g/mol. The zero-order valence-electron chi connectivity index (χ0n) is 10.5. The molecule has 0 saturated heterocycles. The van der Waals surface area contributed by atoms with Gasteiger partial charge in [0.15, 0.2) is 0 Å². The van der Waals surface area contributed by atoms with E-state index in [-0.39, 0.29) is 5.91 Å². The van der Waals surface area contributed by atoms with Crippen LogP contribution in [0.4, 0.5) is 5.69 Å². The Morgan fingerprint density at radius 2 is 1.85 bits per heavy atom. The summed E-state index contributed by atoms with van der Waals surface area (Å²) in [5.41, 5.74) is 2.56. The van der Waals surface area contributed by atoms with Crippen LogP contribution in [0.3, 0.4) is 0 Å². The van der Waals surface area contributed by atoms with E-state index in [1.54, 1.807) is 18.2 Å². The van der Waals surface area contributed by atoms with E-state index in [0.717, 1.165) is 17.4 Å². The van der Waals surface area contributed by atoms with E-state index in [0.29, 0.717) is 15.1 Å². The van der Waals surface area contributed by atoms with E-state index in [1.165, 1.54) is 5.56 Å². The van der Waals surface area contributed by atoms with Crippen LogP contribution in [0.1, 0.15) is 15.9 Å². The van der Waals surface area contributed by atoms with Crippen LogP contribution in [-0.2, 0) is 6.42 Å². The van der Waals surface area contributed by atoms with Gasteiger partial charge in [0.25, 0.3) is 5.91 Å². The number of amides is 1. The Bertz CT molecular complexity index is 614. The molecule has 1 amide bonds. The molecule has 0 atom stereocenters. The smallest absolute Gasteiger partial charge is 0.256 e. The summed E-state index contributed by atoms with van der Waals surface area (Å²) in [5, 5.41) is 4.38. The fourth-order valence-corrected chi connectivity index (χ4v) is 3.06. The number of benzene rings is 2. The standard InChI is InChI=1S/C15H12Br2ClNO/c16-8-7-10-1-4-12(5-2-10)19-15(20)13-6-3-11(18)9-14(13)17/h1-6,9H,7-8H2,(H,19,20). The highest BCUT2D eigenvalue weighted by Gasteiger charge is 2.10. The third-order valence-corrected chi connectivity index (χ3v) is 4.06. The Kier molecular flexibility index (Phi) is 5.64. The second-order valence-electron chi connectivity index (χ2n) is 4.21. The summed E-state index contributed by atoms with van der Waals surface area (Å²) < 4.78 is 0.679. The van der Waals surface area contributed by atoms with E-state index in [9.17, 15) is 4.79 Å². The molecule has 0 unspecified atom stereocenters. The highest BCUT2D eigenvalue weighted by molar-refractivity contribution is 9.10. The second kappa shape index (κ2) is 7.25. The van der Waals surface area contributed by atoms with Crippen molar-refractivity contribution in [1.29, 1.82) is 0 Å². The maximum Gasteiger partial charge on any atom is 0.256 e. The van der Waals surface area contributed by atoms with Crippen LogP contribution < -0.4 is 5.32 Å². The highest BCUT2D eigenvalue weighted by atomic mass is 79.9. The average Bonchev–Trinajstić information content (AvgIpc) is 2.41. The van der Waals surface area contributed by atoms with Gasteiger partial charge < -0.3 is 5.32 Å². The first-order valence-electron chi connectivity index (χ1n) is 6.01. The zero-order chi connectivity index (χ0) is 14.5. The Morgan fingerprint density at radius 1 is 1.15 bits per heavy atom. The van der Waals surface area contributed by atoms with E-state index < -0.39 is 0 Å². The minimum Gasteiger partial charge on any atom is -0.322 e. The molecule has 2 rings (SSSR count). The van der Waals surface area contributed by atoms with Crippen molar-refractivity contribution in [1.82, 2.24) is 0 Å². The number of halogens is 3. The molecule has 2 aromatic rings. The van der Waals surface area contributed by atoms with Crippen molar-refractivity contribution in [3.63, 3.8) is 0 Å². The molecule has 0 heterocycles. The van der Waals surface area contributed by atoms with Crippen LogP contribution in [0, 0.1) is 0 Å². The van der Waals surface area contributed by atoms with Crippen LogP contribution in [0.15, 0.2) is 46.9 Å². The molecule has 20 heavy (non-hydrogen) atoms. The van der Waals surface area contributed by atoms with E-state index in [2.05, 4.69) is 37.2 Å². The summed E-state index contributed by atoms with van der Waals surface area (Å²) in [7, 11) is 0. The monoisotopic (exact) mass is 415 g/mol. The molecule has 2 nitrogen and oxygen atoms in total. The normalized spacial score (nSPS) is 10.3. The molecular formula is C15H12Br2ClNO. The third kappa shape index (κ3) is 4.08. The molecule has 0 aromatic heterocycles. The predicted octanol–water partition coefficient (Wildman–Crippen LogP) is 5.29. The molecule has 0 aliphatic rings. The summed E-state index contributed by atoms with van der Waals surface area (Å²) >= 11 is 12.6. The Hall–Kier alpha value is -0.840. The predicted molar refractivity (Wildman–Crippen MR) is 91.0 cm³/mol. The number of carbonyl (C=O) groups is 1. The van der Waals surface area contributed by atoms with Crippen LogP contribution in [0.5, 0.6) is 0 Å². The minimum atomic E-state index is -0.165. The number of alkyl halides is 1. The van der Waals surface area contributed by atoms with Gasteiger partial charge in [0.05, 0.1) is 5.56 Å². The first-order chi connectivity index (χ1) is 9.60. The fraction of sp³-hybridized carbons (Fsp3) is 0.133. The SMILES string of the molecule is O=C(Nc1ccc(CCBr)cc1)c1ccc(Cl)cc1Br. The number of nitrogens with one attached hydrogen (secondary N) is 1. The first kappa shape index (κ1) is 15.5. The highest BCUT2D eigenvalue weighted by Crippen LogP contribution is 2.22. The number of carbonyl (C=O) groups excluding carboxylic acids is 1.